The Bertz CT molecular complexity index is 2080. The van der Waals surface area contributed by atoms with E-state index in [1.807, 2.05) is 51.1 Å². The van der Waals surface area contributed by atoms with E-state index in [1.165, 1.54) is 30.8 Å². The number of para-hydroxylation sites is 2. The van der Waals surface area contributed by atoms with Gasteiger partial charge in [0.1, 0.15) is 43.7 Å². The molecule has 298 valence electrons. The maximum Gasteiger partial charge on any atom is 0.413 e. The number of hydrogen-bond acceptors (Lipinski definition) is 11. The van der Waals surface area contributed by atoms with Gasteiger partial charge in [-0.05, 0) is 60.4 Å². The summed E-state index contributed by atoms with van der Waals surface area (Å²) in [6.07, 6.45) is 6.11. The van der Waals surface area contributed by atoms with E-state index in [-0.39, 0.29) is 11.5 Å². The number of benzene rings is 3. The Labute approximate surface area is 339 Å². The molecule has 0 bridgehead atoms. The minimum absolute atomic E-state index is 0.0419. The van der Waals surface area contributed by atoms with Gasteiger partial charge in [-0.2, -0.15) is 10.2 Å². The number of aliphatic hydroxyl groups excluding tert-OH is 1. The molecule has 1 aliphatic heterocycles. The maximum absolute atomic E-state index is 10.9. The minimum Gasteiger partial charge on any atom is -0.466 e. The lowest BCUT2D eigenvalue weighted by molar-refractivity contribution is -0.189. The average Bonchev–Trinajstić information content (AvgIpc) is 4.00. The quantitative estimate of drug-likeness (QED) is 0.121. The second kappa shape index (κ2) is 19.4. The highest BCUT2D eigenvalue weighted by Crippen LogP contribution is 2.41. The molecule has 1 fully saturated rings. The van der Waals surface area contributed by atoms with Crippen LogP contribution in [0.4, 0.5) is 10.7 Å². The molecule has 56 heavy (non-hydrogen) atoms. The number of imidazole rings is 1. The molecule has 3 aromatic carbocycles. The van der Waals surface area contributed by atoms with Crippen molar-refractivity contribution in [3.05, 3.63) is 113 Å². The third-order valence-electron chi connectivity index (χ3n) is 8.37. The fraction of sp³-hybridized carbons (Fsp3) is 0.368. The number of rotatable bonds is 10. The standard InChI is InChI=1S/C15H17Cl2N3O2.C14H18ClN3O2.C9H9N3O2/c1-2-3-12-7-21-15(22-12,8-20-10-18-9-19-20)13-5-4-11(16)6-14(13)17;1-14(2,3)12(19)13(18-9-16-8-17-18)20-11-6-4-10(15)5-7-11;1-14-9(13)12-8-10-6-4-2-3-5-7(6)11-8/h4-6,9-10,12H,2-3,7-8H2,1H3;4-9,12-13,19H,1-3H3;2-5H,1H3,(H2,10,11,12,13). The van der Waals surface area contributed by atoms with E-state index in [2.05, 4.69) is 47.1 Å². The van der Waals surface area contributed by atoms with Crippen molar-refractivity contribution in [2.24, 2.45) is 5.41 Å². The van der Waals surface area contributed by atoms with Gasteiger partial charge >= 0.3 is 6.09 Å². The number of carbonyl (C=O) groups excluding carboxylic acids is 1. The number of aliphatic hydroxyl groups is 1. The smallest absolute Gasteiger partial charge is 0.413 e. The molecule has 4 atom stereocenters. The number of aromatic nitrogens is 8. The van der Waals surface area contributed by atoms with Gasteiger partial charge < -0.3 is 29.0 Å². The van der Waals surface area contributed by atoms with Crippen molar-refractivity contribution in [2.75, 3.05) is 19.0 Å². The molecule has 0 saturated carbocycles. The van der Waals surface area contributed by atoms with Crippen molar-refractivity contribution < 1.29 is 28.8 Å². The molecule has 0 aliphatic carbocycles. The first-order valence-corrected chi connectivity index (χ1v) is 18.8. The van der Waals surface area contributed by atoms with Crippen LogP contribution in [0.15, 0.2) is 92.0 Å². The van der Waals surface area contributed by atoms with E-state index >= 15 is 0 Å². The number of aromatic amines is 1. The van der Waals surface area contributed by atoms with E-state index < -0.39 is 24.2 Å². The van der Waals surface area contributed by atoms with Gasteiger partial charge in [-0.25, -0.2) is 29.1 Å². The molecule has 4 heterocycles. The topological polar surface area (TPSA) is 176 Å². The second-order valence-corrected chi connectivity index (χ2v) is 15.0. The maximum atomic E-state index is 10.9. The lowest BCUT2D eigenvalue weighted by Crippen LogP contribution is -2.38. The van der Waals surface area contributed by atoms with E-state index in [0.29, 0.717) is 39.9 Å². The van der Waals surface area contributed by atoms with Crippen molar-refractivity contribution in [3.63, 3.8) is 0 Å². The Morgan fingerprint density at radius 2 is 1.75 bits per heavy atom. The van der Waals surface area contributed by atoms with Crippen molar-refractivity contribution in [3.8, 4) is 5.75 Å². The van der Waals surface area contributed by atoms with E-state index in [4.69, 9.17) is 49.0 Å². The zero-order chi connectivity index (χ0) is 40.3. The third kappa shape index (κ3) is 11.4. The number of halogens is 3. The monoisotopic (exact) mass is 827 g/mol. The van der Waals surface area contributed by atoms with Gasteiger partial charge in [0, 0.05) is 15.6 Å². The minimum atomic E-state index is -0.963. The van der Waals surface area contributed by atoms with Crippen LogP contribution < -0.4 is 10.1 Å². The van der Waals surface area contributed by atoms with Crippen molar-refractivity contribution in [2.45, 2.75) is 71.3 Å². The number of methoxy groups -OCH3 is 1. The molecule has 1 aliphatic rings. The van der Waals surface area contributed by atoms with E-state index in [9.17, 15) is 9.90 Å². The molecule has 15 nitrogen and oxygen atoms in total. The van der Waals surface area contributed by atoms with Crippen LogP contribution in [0.2, 0.25) is 15.1 Å². The van der Waals surface area contributed by atoms with Crippen LogP contribution in [0.3, 0.4) is 0 Å². The van der Waals surface area contributed by atoms with Gasteiger partial charge in [0.05, 0.1) is 35.9 Å². The lowest BCUT2D eigenvalue weighted by atomic mass is 9.88. The SMILES string of the molecule is CC(C)(C)C(O)C(Oc1ccc(Cl)cc1)n1cncn1.CCCC1COC(Cn2cncn2)(c2ccc(Cl)cc2Cl)O1.COC(=O)Nc1nc2ccccc2[nH]1. The number of nitrogens with one attached hydrogen (secondary N) is 2. The predicted octanol–water partition coefficient (Wildman–Crippen LogP) is 8.31. The summed E-state index contributed by atoms with van der Waals surface area (Å²) >= 11 is 18.2. The summed E-state index contributed by atoms with van der Waals surface area (Å²) in [7, 11) is 1.30. The van der Waals surface area contributed by atoms with Crippen LogP contribution >= 0.6 is 34.8 Å². The first kappa shape index (κ1) is 42.4. The van der Waals surface area contributed by atoms with Crippen molar-refractivity contribution >= 4 is 57.9 Å². The molecule has 7 rings (SSSR count). The molecular weight excluding hydrogens is 785 g/mol. The summed E-state index contributed by atoms with van der Waals surface area (Å²) in [5.74, 6) is 0.0334. The van der Waals surface area contributed by atoms with Gasteiger partial charge in [0.25, 0.3) is 0 Å². The zero-order valence-electron chi connectivity index (χ0n) is 31.5. The first-order valence-electron chi connectivity index (χ1n) is 17.6. The third-order valence-corrected chi connectivity index (χ3v) is 9.17. The molecular formula is C38H44Cl3N9O6. The van der Waals surface area contributed by atoms with Crippen molar-refractivity contribution in [1.29, 1.82) is 0 Å². The number of H-pyrrole nitrogens is 1. The van der Waals surface area contributed by atoms with E-state index in [1.54, 1.807) is 47.4 Å². The fourth-order valence-electron chi connectivity index (χ4n) is 5.52. The molecule has 3 N–H and O–H groups in total. The lowest BCUT2D eigenvalue weighted by Gasteiger charge is -2.32. The van der Waals surface area contributed by atoms with Gasteiger partial charge in [-0.3, -0.25) is 5.32 Å². The molecule has 18 heteroatoms. The number of nitrogens with zero attached hydrogens (tertiary/aromatic N) is 7. The summed E-state index contributed by atoms with van der Waals surface area (Å²) in [6, 6.07) is 19.8. The highest BCUT2D eigenvalue weighted by Gasteiger charge is 2.45. The fourth-order valence-corrected chi connectivity index (χ4v) is 6.19. The molecule has 1 amide bonds. The predicted molar refractivity (Wildman–Crippen MR) is 213 cm³/mol. The molecule has 0 spiro atoms. The normalized spacial score (nSPS) is 17.6. The van der Waals surface area contributed by atoms with Gasteiger partial charge in [0.15, 0.2) is 0 Å². The van der Waals surface area contributed by atoms with Gasteiger partial charge in [-0.1, -0.05) is 87.1 Å². The van der Waals surface area contributed by atoms with E-state index in [0.717, 1.165) is 29.4 Å². The van der Waals surface area contributed by atoms with Crippen LogP contribution in [-0.2, 0) is 26.5 Å². The van der Waals surface area contributed by atoms with Crippen LogP contribution in [0.25, 0.3) is 11.0 Å². The van der Waals surface area contributed by atoms with Crippen LogP contribution in [-0.4, -0.2) is 76.6 Å². The number of ether oxygens (including phenoxy) is 4. The Balaban J connectivity index is 0.000000165. The van der Waals surface area contributed by atoms with Gasteiger partial charge in [0.2, 0.25) is 18.0 Å². The average molecular weight is 829 g/mol. The first-order chi connectivity index (χ1) is 26.8. The number of anilines is 1. The number of fused-ring (bicyclic) bond motifs is 1. The summed E-state index contributed by atoms with van der Waals surface area (Å²) in [5, 5.41) is 22.9. The number of hydrogen-bond donors (Lipinski definition) is 3. The largest absolute Gasteiger partial charge is 0.466 e. The summed E-state index contributed by atoms with van der Waals surface area (Å²) < 4.78 is 25.8. The molecule has 0 radical (unpaired) electrons. The Kier molecular flexibility index (Phi) is 14.7. The van der Waals surface area contributed by atoms with Crippen molar-refractivity contribution in [1.82, 2.24) is 39.5 Å². The van der Waals surface area contributed by atoms with Crippen LogP contribution in [0, 0.1) is 5.41 Å². The molecule has 4 unspecified atom stereocenters. The number of amides is 1. The molecule has 1 saturated heterocycles. The summed E-state index contributed by atoms with van der Waals surface area (Å²) in [6.45, 7) is 8.85. The summed E-state index contributed by atoms with van der Waals surface area (Å²) in [4.78, 5) is 25.8. The van der Waals surface area contributed by atoms with Crippen LogP contribution in [0.5, 0.6) is 5.75 Å². The molecule has 6 aromatic rings. The summed E-state index contributed by atoms with van der Waals surface area (Å²) in [5.41, 5.74) is 2.08. The number of carbonyl (C=O) groups is 1. The Hall–Kier alpha value is -4.77. The second-order valence-electron chi connectivity index (χ2n) is 13.7. The van der Waals surface area contributed by atoms with Gasteiger partial charge in [-0.15, -0.1) is 0 Å². The molecule has 3 aromatic heterocycles. The van der Waals surface area contributed by atoms with Crippen LogP contribution in [0.1, 0.15) is 52.3 Å². The highest BCUT2D eigenvalue weighted by molar-refractivity contribution is 6.35. The highest BCUT2D eigenvalue weighted by atomic mass is 35.5. The zero-order valence-corrected chi connectivity index (χ0v) is 33.7. The Morgan fingerprint density at radius 3 is 2.38 bits per heavy atom. The Morgan fingerprint density at radius 1 is 1.04 bits per heavy atom.